The summed E-state index contributed by atoms with van der Waals surface area (Å²) in [6, 6.07) is 14.9. The quantitative estimate of drug-likeness (QED) is 0.510. The summed E-state index contributed by atoms with van der Waals surface area (Å²) in [5.41, 5.74) is 0.571. The first-order valence-corrected chi connectivity index (χ1v) is 8.30. The van der Waals surface area contributed by atoms with Crippen LogP contribution in [0.5, 0.6) is 0 Å². The van der Waals surface area contributed by atoms with Crippen molar-refractivity contribution >= 4 is 17.6 Å². The highest BCUT2D eigenvalue weighted by molar-refractivity contribution is 6.30. The zero-order valence-electron chi connectivity index (χ0n) is 14.1. The number of methoxy groups -OCH3 is 1. The first-order chi connectivity index (χ1) is 12.8. The number of ether oxygens (including phenoxy) is 1. The van der Waals surface area contributed by atoms with E-state index in [1.165, 1.54) is 0 Å². The summed E-state index contributed by atoms with van der Waals surface area (Å²) in [6.45, 7) is 0. The lowest BCUT2D eigenvalue weighted by Gasteiger charge is -2.07. The van der Waals surface area contributed by atoms with Gasteiger partial charge in [-0.05, 0) is 23.3 Å². The standard InChI is InChI=1S/C20H14ClF3O3/c1-26-19(25)17-16(13-5-3-2-4-6-13)15(27-18(17)20(22,23)24)11-12-7-9-14(21)10-8-12/h2-10H,11H2,1H3. The maximum absolute atomic E-state index is 13.5. The van der Waals surface area contributed by atoms with Gasteiger partial charge in [0.2, 0.25) is 5.76 Å². The Balaban J connectivity index is 2.23. The normalized spacial score (nSPS) is 11.4. The minimum absolute atomic E-state index is 0.0243. The van der Waals surface area contributed by atoms with Gasteiger partial charge in [0, 0.05) is 17.0 Å². The molecule has 1 aromatic heterocycles. The maximum atomic E-state index is 13.5. The fraction of sp³-hybridized carbons (Fsp3) is 0.150. The van der Waals surface area contributed by atoms with E-state index in [1.807, 2.05) is 0 Å². The number of halogens is 4. The van der Waals surface area contributed by atoms with Crippen LogP contribution in [-0.2, 0) is 17.3 Å². The molecule has 0 N–H and O–H groups in total. The van der Waals surface area contributed by atoms with Gasteiger partial charge < -0.3 is 9.15 Å². The maximum Gasteiger partial charge on any atom is 0.450 e. The van der Waals surface area contributed by atoms with Crippen molar-refractivity contribution in [1.29, 1.82) is 0 Å². The molecule has 0 bridgehead atoms. The Kier molecular flexibility index (Phi) is 5.28. The first-order valence-electron chi connectivity index (χ1n) is 7.92. The molecule has 0 fully saturated rings. The molecule has 7 heteroatoms. The third kappa shape index (κ3) is 4.01. The van der Waals surface area contributed by atoms with Gasteiger partial charge in [0.05, 0.1) is 7.11 Å². The van der Waals surface area contributed by atoms with Crippen molar-refractivity contribution in [2.75, 3.05) is 7.11 Å². The van der Waals surface area contributed by atoms with E-state index >= 15 is 0 Å². The molecule has 0 saturated heterocycles. The van der Waals surface area contributed by atoms with E-state index in [2.05, 4.69) is 4.74 Å². The van der Waals surface area contributed by atoms with Gasteiger partial charge in [-0.1, -0.05) is 54.1 Å². The Hall–Kier alpha value is -2.73. The van der Waals surface area contributed by atoms with Gasteiger partial charge in [0.25, 0.3) is 0 Å². The van der Waals surface area contributed by atoms with Crippen molar-refractivity contribution in [3.8, 4) is 11.1 Å². The smallest absolute Gasteiger partial charge is 0.450 e. The second kappa shape index (κ2) is 7.48. The van der Waals surface area contributed by atoms with Gasteiger partial charge in [0.15, 0.2) is 0 Å². The van der Waals surface area contributed by atoms with E-state index < -0.39 is 23.5 Å². The number of benzene rings is 2. The van der Waals surface area contributed by atoms with E-state index in [-0.39, 0.29) is 17.7 Å². The third-order valence-electron chi connectivity index (χ3n) is 3.97. The predicted octanol–water partition coefficient (Wildman–Crippen LogP) is 6.00. The fourth-order valence-corrected chi connectivity index (χ4v) is 2.92. The molecule has 140 valence electrons. The average Bonchev–Trinajstić information content (AvgIpc) is 3.03. The number of rotatable bonds is 4. The Morgan fingerprint density at radius 1 is 1.07 bits per heavy atom. The molecule has 0 radical (unpaired) electrons. The van der Waals surface area contributed by atoms with Crippen LogP contribution in [0, 0.1) is 0 Å². The molecule has 0 spiro atoms. The van der Waals surface area contributed by atoms with Crippen LogP contribution in [0.2, 0.25) is 5.02 Å². The minimum atomic E-state index is -4.84. The predicted molar refractivity (Wildman–Crippen MR) is 94.7 cm³/mol. The highest BCUT2D eigenvalue weighted by Crippen LogP contribution is 2.42. The molecule has 0 saturated carbocycles. The molecule has 1 heterocycles. The van der Waals surface area contributed by atoms with Crippen LogP contribution in [0.3, 0.4) is 0 Å². The largest absolute Gasteiger partial charge is 0.465 e. The van der Waals surface area contributed by atoms with Crippen molar-refractivity contribution in [3.63, 3.8) is 0 Å². The van der Waals surface area contributed by atoms with E-state index in [0.717, 1.165) is 7.11 Å². The minimum Gasteiger partial charge on any atom is -0.465 e. The highest BCUT2D eigenvalue weighted by Gasteiger charge is 2.43. The lowest BCUT2D eigenvalue weighted by Crippen LogP contribution is -2.12. The van der Waals surface area contributed by atoms with Gasteiger partial charge in [-0.2, -0.15) is 13.2 Å². The van der Waals surface area contributed by atoms with Gasteiger partial charge in [0.1, 0.15) is 11.3 Å². The molecule has 3 nitrogen and oxygen atoms in total. The Morgan fingerprint density at radius 2 is 1.70 bits per heavy atom. The topological polar surface area (TPSA) is 39.4 Å². The van der Waals surface area contributed by atoms with Crippen molar-refractivity contribution in [3.05, 3.63) is 82.3 Å². The van der Waals surface area contributed by atoms with Crippen LogP contribution >= 0.6 is 11.6 Å². The van der Waals surface area contributed by atoms with Crippen LogP contribution in [0.1, 0.15) is 27.4 Å². The monoisotopic (exact) mass is 394 g/mol. The van der Waals surface area contributed by atoms with E-state index in [1.54, 1.807) is 54.6 Å². The number of carbonyl (C=O) groups is 1. The molecule has 2 aromatic carbocycles. The van der Waals surface area contributed by atoms with E-state index in [0.29, 0.717) is 16.1 Å². The lowest BCUT2D eigenvalue weighted by molar-refractivity contribution is -0.153. The van der Waals surface area contributed by atoms with Gasteiger partial charge in [-0.25, -0.2) is 4.79 Å². The van der Waals surface area contributed by atoms with E-state index in [4.69, 9.17) is 16.0 Å². The molecule has 27 heavy (non-hydrogen) atoms. The summed E-state index contributed by atoms with van der Waals surface area (Å²) in [5, 5.41) is 0.507. The Bertz CT molecular complexity index is 945. The second-order valence-corrected chi connectivity index (χ2v) is 6.20. The summed E-state index contributed by atoms with van der Waals surface area (Å²) in [5.74, 6) is -2.44. The number of carbonyl (C=O) groups excluding carboxylic acids is 1. The molecular formula is C20H14ClF3O3. The zero-order chi connectivity index (χ0) is 19.6. The van der Waals surface area contributed by atoms with Crippen LogP contribution < -0.4 is 0 Å². The second-order valence-electron chi connectivity index (χ2n) is 5.76. The molecule has 0 amide bonds. The molecular weight excluding hydrogens is 381 g/mol. The third-order valence-corrected chi connectivity index (χ3v) is 4.22. The Labute approximate surface area is 158 Å². The Morgan fingerprint density at radius 3 is 2.26 bits per heavy atom. The van der Waals surface area contributed by atoms with Gasteiger partial charge in [-0.15, -0.1) is 0 Å². The van der Waals surface area contributed by atoms with Crippen molar-refractivity contribution < 1.29 is 27.1 Å². The van der Waals surface area contributed by atoms with Crippen LogP contribution in [0.15, 0.2) is 59.0 Å². The number of hydrogen-bond donors (Lipinski definition) is 0. The van der Waals surface area contributed by atoms with Crippen LogP contribution in [-0.4, -0.2) is 13.1 Å². The lowest BCUT2D eigenvalue weighted by atomic mass is 9.97. The highest BCUT2D eigenvalue weighted by atomic mass is 35.5. The molecule has 0 unspecified atom stereocenters. The summed E-state index contributed by atoms with van der Waals surface area (Å²) in [4.78, 5) is 12.2. The average molecular weight is 395 g/mol. The van der Waals surface area contributed by atoms with Crippen molar-refractivity contribution in [2.45, 2.75) is 12.6 Å². The summed E-state index contributed by atoms with van der Waals surface area (Å²) in [6.07, 6.45) is -4.78. The van der Waals surface area contributed by atoms with Crippen LogP contribution in [0.25, 0.3) is 11.1 Å². The van der Waals surface area contributed by atoms with Gasteiger partial charge in [-0.3, -0.25) is 0 Å². The SMILES string of the molecule is COC(=O)c1c(C(F)(F)F)oc(Cc2ccc(Cl)cc2)c1-c1ccccc1. The summed E-state index contributed by atoms with van der Waals surface area (Å²) < 4.78 is 50.3. The zero-order valence-corrected chi connectivity index (χ0v) is 14.9. The molecule has 3 aromatic rings. The van der Waals surface area contributed by atoms with Crippen LogP contribution in [0.4, 0.5) is 13.2 Å². The molecule has 0 aliphatic heterocycles. The molecule has 3 rings (SSSR count). The molecule has 0 aliphatic carbocycles. The van der Waals surface area contributed by atoms with Gasteiger partial charge >= 0.3 is 12.1 Å². The summed E-state index contributed by atoms with van der Waals surface area (Å²) in [7, 11) is 1.03. The molecule has 0 atom stereocenters. The number of esters is 1. The number of furan rings is 1. The van der Waals surface area contributed by atoms with Crippen molar-refractivity contribution in [2.24, 2.45) is 0 Å². The number of alkyl halides is 3. The summed E-state index contributed by atoms with van der Waals surface area (Å²) >= 11 is 5.86. The fourth-order valence-electron chi connectivity index (χ4n) is 2.80. The van der Waals surface area contributed by atoms with E-state index in [9.17, 15) is 18.0 Å². The van der Waals surface area contributed by atoms with Crippen molar-refractivity contribution in [1.82, 2.24) is 0 Å². The number of hydrogen-bond acceptors (Lipinski definition) is 3. The first kappa shape index (κ1) is 19.0. The molecule has 0 aliphatic rings.